The van der Waals surface area contributed by atoms with Crippen molar-refractivity contribution in [1.29, 1.82) is 0 Å². The van der Waals surface area contributed by atoms with E-state index in [4.69, 9.17) is 0 Å². The van der Waals surface area contributed by atoms with Gasteiger partial charge >= 0.3 is 0 Å². The molecular weight excluding hydrogens is 245 g/mol. The lowest BCUT2D eigenvalue weighted by atomic mass is 10.0. The smallest absolute Gasteiger partial charge is 0.0270 e. The highest BCUT2D eigenvalue weighted by atomic mass is 79.9. The lowest BCUT2D eigenvalue weighted by Gasteiger charge is -2.13. The lowest BCUT2D eigenvalue weighted by Crippen LogP contribution is -2.09. The monoisotopic (exact) mass is 257 g/mol. The van der Waals surface area contributed by atoms with Crippen LogP contribution in [-0.4, -0.2) is 11.2 Å². The second-order valence-electron chi connectivity index (χ2n) is 3.45. The van der Waals surface area contributed by atoms with E-state index in [2.05, 4.69) is 48.2 Å². The number of fused-ring (bicyclic) bond motifs is 1. The van der Waals surface area contributed by atoms with E-state index in [9.17, 15) is 0 Å². The van der Waals surface area contributed by atoms with E-state index in [1.807, 2.05) is 0 Å². The Morgan fingerprint density at radius 3 is 3.08 bits per heavy atom. The maximum absolute atomic E-state index is 3.61. The normalized spacial score (nSPS) is 18.0. The molecule has 1 aromatic carbocycles. The largest absolute Gasteiger partial charge is 0.283 e. The fourth-order valence-electron chi connectivity index (χ4n) is 1.79. The summed E-state index contributed by atoms with van der Waals surface area (Å²) in [5.74, 6) is 0. The van der Waals surface area contributed by atoms with Crippen molar-refractivity contribution in [2.75, 3.05) is 6.54 Å². The number of halogens is 1. The Balaban J connectivity index is 2.39. The highest BCUT2D eigenvalue weighted by molar-refractivity contribution is 9.10. The third-order valence-corrected chi connectivity index (χ3v) is 3.65. The lowest BCUT2D eigenvalue weighted by molar-refractivity contribution is 0.470. The molecule has 0 saturated heterocycles. The van der Waals surface area contributed by atoms with Gasteiger partial charge in [-0.3, -0.25) is 4.67 Å². The van der Waals surface area contributed by atoms with Crippen LogP contribution < -0.4 is 0 Å². The molecule has 0 bridgehead atoms. The topological polar surface area (TPSA) is 3.24 Å². The highest BCUT2D eigenvalue weighted by Crippen LogP contribution is 2.26. The maximum Gasteiger partial charge on any atom is 0.0270 e. The van der Waals surface area contributed by atoms with Gasteiger partial charge in [-0.2, -0.15) is 0 Å². The number of nitrogens with zero attached hydrogens (tertiary/aromatic N) is 1. The fraction of sp³-hybridized carbons (Fsp3) is 0.400. The first-order chi connectivity index (χ1) is 6.27. The van der Waals surface area contributed by atoms with Crippen LogP contribution in [0.2, 0.25) is 0 Å². The van der Waals surface area contributed by atoms with Crippen molar-refractivity contribution >= 4 is 25.3 Å². The van der Waals surface area contributed by atoms with Crippen LogP contribution in [0.25, 0.3) is 0 Å². The first-order valence-electron chi connectivity index (χ1n) is 4.53. The van der Waals surface area contributed by atoms with Gasteiger partial charge in [-0.25, -0.2) is 0 Å². The molecule has 0 N–H and O–H groups in total. The molecule has 0 aliphatic carbocycles. The highest BCUT2D eigenvalue weighted by Gasteiger charge is 2.12. The molecule has 0 fully saturated rings. The minimum Gasteiger partial charge on any atom is -0.283 e. The second kappa shape index (κ2) is 4.08. The third kappa shape index (κ3) is 2.12. The average molecular weight is 258 g/mol. The van der Waals surface area contributed by atoms with Crippen molar-refractivity contribution in [3.8, 4) is 0 Å². The Hall–Kier alpha value is 0.0900. The van der Waals surface area contributed by atoms with Crippen LogP contribution in [0, 0.1) is 0 Å². The molecule has 1 nitrogen and oxygen atoms in total. The molecule has 2 rings (SSSR count). The summed E-state index contributed by atoms with van der Waals surface area (Å²) in [5.41, 5.74) is 2.95. The second-order valence-corrected chi connectivity index (χ2v) is 5.04. The molecule has 1 aromatic rings. The molecule has 1 atom stereocenters. The van der Waals surface area contributed by atoms with Crippen molar-refractivity contribution in [3.63, 3.8) is 0 Å². The SMILES string of the molecule is PN1CCCc2c(Br)cccc2C1. The van der Waals surface area contributed by atoms with Crippen molar-refractivity contribution in [2.45, 2.75) is 19.4 Å². The summed E-state index contributed by atoms with van der Waals surface area (Å²) >= 11 is 3.61. The molecule has 13 heavy (non-hydrogen) atoms. The van der Waals surface area contributed by atoms with Gasteiger partial charge in [-0.15, -0.1) is 0 Å². The summed E-state index contributed by atoms with van der Waals surface area (Å²) in [5, 5.41) is 0. The summed E-state index contributed by atoms with van der Waals surface area (Å²) in [6, 6.07) is 6.48. The van der Waals surface area contributed by atoms with Crippen LogP contribution in [-0.2, 0) is 13.0 Å². The van der Waals surface area contributed by atoms with Gasteiger partial charge in [0.2, 0.25) is 0 Å². The van der Waals surface area contributed by atoms with Gasteiger partial charge in [0.05, 0.1) is 0 Å². The van der Waals surface area contributed by atoms with E-state index in [0.717, 1.165) is 6.54 Å². The molecule has 1 aliphatic heterocycles. The number of benzene rings is 1. The summed E-state index contributed by atoms with van der Waals surface area (Å²) in [6.45, 7) is 2.23. The molecule has 1 unspecified atom stereocenters. The molecule has 1 heterocycles. The van der Waals surface area contributed by atoms with Crippen LogP contribution in [0.3, 0.4) is 0 Å². The zero-order valence-corrected chi connectivity index (χ0v) is 10.2. The van der Waals surface area contributed by atoms with E-state index in [1.54, 1.807) is 0 Å². The minimum absolute atomic E-state index is 1.06. The van der Waals surface area contributed by atoms with Gasteiger partial charge in [0.15, 0.2) is 0 Å². The van der Waals surface area contributed by atoms with Gasteiger partial charge in [-0.05, 0) is 30.0 Å². The Morgan fingerprint density at radius 2 is 2.23 bits per heavy atom. The quantitative estimate of drug-likeness (QED) is 0.646. The van der Waals surface area contributed by atoms with Gasteiger partial charge in [-0.1, -0.05) is 37.5 Å². The van der Waals surface area contributed by atoms with E-state index < -0.39 is 0 Å². The average Bonchev–Trinajstić information content (AvgIpc) is 2.27. The van der Waals surface area contributed by atoms with Crippen molar-refractivity contribution < 1.29 is 0 Å². The Morgan fingerprint density at radius 1 is 1.38 bits per heavy atom. The number of rotatable bonds is 0. The molecule has 0 spiro atoms. The van der Waals surface area contributed by atoms with Crippen LogP contribution in [0.1, 0.15) is 17.5 Å². The Kier molecular flexibility index (Phi) is 3.02. The summed E-state index contributed by atoms with van der Waals surface area (Å²) in [6.07, 6.45) is 2.45. The summed E-state index contributed by atoms with van der Waals surface area (Å²) in [7, 11) is 2.80. The Labute approximate surface area is 89.9 Å². The Bertz CT molecular complexity index is 314. The molecule has 3 heteroatoms. The molecule has 0 saturated carbocycles. The van der Waals surface area contributed by atoms with E-state index in [1.165, 1.54) is 35.0 Å². The molecule has 0 amide bonds. The number of hydrogen-bond acceptors (Lipinski definition) is 1. The van der Waals surface area contributed by atoms with Gasteiger partial charge in [0.1, 0.15) is 0 Å². The predicted molar refractivity (Wildman–Crippen MR) is 62.6 cm³/mol. The predicted octanol–water partition coefficient (Wildman–Crippen LogP) is 2.99. The van der Waals surface area contributed by atoms with Crippen LogP contribution in [0.15, 0.2) is 22.7 Å². The standard InChI is InChI=1S/C10H13BrNP/c11-10-5-1-3-8-7-12(13)6-2-4-9(8)10/h1,3,5H,2,4,6-7,13H2. The maximum atomic E-state index is 3.61. The molecule has 70 valence electrons. The van der Waals surface area contributed by atoms with E-state index >= 15 is 0 Å². The van der Waals surface area contributed by atoms with Gasteiger partial charge < -0.3 is 0 Å². The van der Waals surface area contributed by atoms with Gasteiger partial charge in [0, 0.05) is 17.6 Å². The molecule has 0 aromatic heterocycles. The zero-order chi connectivity index (χ0) is 9.26. The molecule has 0 radical (unpaired) electrons. The fourth-order valence-corrected chi connectivity index (χ4v) is 2.77. The van der Waals surface area contributed by atoms with Crippen molar-refractivity contribution in [1.82, 2.24) is 4.67 Å². The number of hydrogen-bond donors (Lipinski definition) is 0. The van der Waals surface area contributed by atoms with E-state index in [0.29, 0.717) is 0 Å². The van der Waals surface area contributed by atoms with Crippen LogP contribution in [0.5, 0.6) is 0 Å². The minimum atomic E-state index is 1.06. The van der Waals surface area contributed by atoms with Crippen LogP contribution in [0.4, 0.5) is 0 Å². The first kappa shape index (κ1) is 9.64. The van der Waals surface area contributed by atoms with Crippen molar-refractivity contribution in [3.05, 3.63) is 33.8 Å². The first-order valence-corrected chi connectivity index (χ1v) is 5.84. The van der Waals surface area contributed by atoms with E-state index in [-0.39, 0.29) is 0 Å². The third-order valence-electron chi connectivity index (χ3n) is 2.46. The molecular formula is C10H13BrNP. The summed E-state index contributed by atoms with van der Waals surface area (Å²) < 4.78 is 3.57. The zero-order valence-electron chi connectivity index (χ0n) is 7.46. The summed E-state index contributed by atoms with van der Waals surface area (Å²) in [4.78, 5) is 0. The van der Waals surface area contributed by atoms with Crippen LogP contribution >= 0.6 is 25.3 Å². The van der Waals surface area contributed by atoms with Crippen molar-refractivity contribution in [2.24, 2.45) is 0 Å². The molecule has 1 aliphatic rings. The van der Waals surface area contributed by atoms with Gasteiger partial charge in [0.25, 0.3) is 0 Å².